The molecule has 2 aromatic carbocycles. The van der Waals surface area contributed by atoms with Crippen LogP contribution in [-0.4, -0.2) is 17.4 Å². The predicted octanol–water partition coefficient (Wildman–Crippen LogP) is 7.01. The van der Waals surface area contributed by atoms with Gasteiger partial charge in [0.05, 0.1) is 12.2 Å². The molecule has 3 aromatic rings. The third-order valence-corrected chi connectivity index (χ3v) is 5.44. The van der Waals surface area contributed by atoms with Gasteiger partial charge in [-0.3, -0.25) is 4.79 Å². The number of aryl methyl sites for hydroxylation is 1. The van der Waals surface area contributed by atoms with Crippen molar-refractivity contribution in [2.75, 3.05) is 6.61 Å². The number of unbranched alkanes of at least 4 members (excludes halogenated alkanes) is 5. The molecule has 0 radical (unpaired) electrons. The normalized spacial score (nSPS) is 11.5. The van der Waals surface area contributed by atoms with Crippen LogP contribution < -0.4 is 4.74 Å². The van der Waals surface area contributed by atoms with Gasteiger partial charge in [-0.05, 0) is 43.2 Å². The molecule has 0 aliphatic rings. The number of carbonyl (C=O) groups is 1. The number of para-hydroxylation sites is 1. The van der Waals surface area contributed by atoms with Crippen molar-refractivity contribution in [3.8, 4) is 11.8 Å². The second-order valence-electron chi connectivity index (χ2n) is 7.85. The van der Waals surface area contributed by atoms with Crippen LogP contribution in [-0.2, 0) is 0 Å². The molecule has 1 heterocycles. The fourth-order valence-corrected chi connectivity index (χ4v) is 3.75. The van der Waals surface area contributed by atoms with Crippen molar-refractivity contribution >= 4 is 22.8 Å². The van der Waals surface area contributed by atoms with Gasteiger partial charge in [0.2, 0.25) is 5.78 Å². The van der Waals surface area contributed by atoms with Gasteiger partial charge in [0.15, 0.2) is 0 Å². The van der Waals surface area contributed by atoms with Gasteiger partial charge in [0.25, 0.3) is 0 Å². The molecular weight excluding hydrogens is 384 g/mol. The monoisotopic (exact) mass is 414 g/mol. The number of nitriles is 1. The zero-order chi connectivity index (χ0) is 22.1. The van der Waals surface area contributed by atoms with Crippen LogP contribution in [0.4, 0.5) is 0 Å². The van der Waals surface area contributed by atoms with Crippen molar-refractivity contribution in [3.63, 3.8) is 0 Å². The number of Topliss-reactive ketones (excluding diaryl/α,β-unsaturated/α-hetero) is 1. The number of ether oxygens (including phenoxy) is 1. The number of benzene rings is 2. The Hall–Kier alpha value is -3.32. The number of carbonyl (C=O) groups excluding carboxylic acids is 1. The van der Waals surface area contributed by atoms with Gasteiger partial charge < -0.3 is 9.72 Å². The SMILES string of the molecule is CCCCCCCCOc1ccc(/C=C(/C#N)C(=O)c2c(C)[nH]c3ccccc23)cc1. The Labute approximate surface area is 184 Å². The fourth-order valence-electron chi connectivity index (χ4n) is 3.75. The van der Waals surface area contributed by atoms with Gasteiger partial charge in [-0.2, -0.15) is 5.26 Å². The summed E-state index contributed by atoms with van der Waals surface area (Å²) in [6, 6.07) is 17.3. The predicted molar refractivity (Wildman–Crippen MR) is 126 cm³/mol. The largest absolute Gasteiger partial charge is 0.494 e. The summed E-state index contributed by atoms with van der Waals surface area (Å²) in [6.07, 6.45) is 9.03. The van der Waals surface area contributed by atoms with E-state index in [1.165, 1.54) is 32.1 Å². The topological polar surface area (TPSA) is 65.9 Å². The van der Waals surface area contributed by atoms with Crippen molar-refractivity contribution in [1.82, 2.24) is 4.98 Å². The standard InChI is InChI=1S/C27H30N2O2/c1-3-4-5-6-7-10-17-31-23-15-13-21(14-16-23)18-22(19-28)27(30)26-20(2)29-25-12-9-8-11-24(25)26/h8-9,11-16,18,29H,3-7,10,17H2,1-2H3/b22-18-. The molecule has 1 aromatic heterocycles. The number of rotatable bonds is 11. The average Bonchev–Trinajstić information content (AvgIpc) is 3.13. The Kier molecular flexibility index (Phi) is 8.06. The molecule has 0 aliphatic heterocycles. The number of fused-ring (bicyclic) bond motifs is 1. The van der Waals surface area contributed by atoms with Crippen molar-refractivity contribution in [2.24, 2.45) is 0 Å². The average molecular weight is 415 g/mol. The third kappa shape index (κ3) is 5.86. The smallest absolute Gasteiger partial charge is 0.205 e. The van der Waals surface area contributed by atoms with E-state index >= 15 is 0 Å². The van der Waals surface area contributed by atoms with E-state index in [1.54, 1.807) is 6.08 Å². The number of nitrogens with one attached hydrogen (secondary N) is 1. The molecular formula is C27H30N2O2. The van der Waals surface area contributed by atoms with Gasteiger partial charge in [-0.25, -0.2) is 0 Å². The van der Waals surface area contributed by atoms with Crippen LogP contribution in [0.15, 0.2) is 54.1 Å². The molecule has 160 valence electrons. The minimum atomic E-state index is -0.263. The fraction of sp³-hybridized carbons (Fsp3) is 0.333. The van der Waals surface area contributed by atoms with Gasteiger partial charge in [0.1, 0.15) is 17.4 Å². The Morgan fingerprint density at radius 2 is 1.74 bits per heavy atom. The summed E-state index contributed by atoms with van der Waals surface area (Å²) in [6.45, 7) is 4.79. The minimum Gasteiger partial charge on any atom is -0.494 e. The molecule has 0 amide bonds. The summed E-state index contributed by atoms with van der Waals surface area (Å²) in [4.78, 5) is 16.3. The van der Waals surface area contributed by atoms with Gasteiger partial charge in [0, 0.05) is 16.6 Å². The third-order valence-electron chi connectivity index (χ3n) is 5.44. The first-order chi connectivity index (χ1) is 15.1. The van der Waals surface area contributed by atoms with E-state index in [1.807, 2.05) is 55.5 Å². The summed E-state index contributed by atoms with van der Waals surface area (Å²) in [7, 11) is 0. The van der Waals surface area contributed by atoms with Crippen LogP contribution >= 0.6 is 0 Å². The highest BCUT2D eigenvalue weighted by atomic mass is 16.5. The summed E-state index contributed by atoms with van der Waals surface area (Å²) in [5.74, 6) is 0.545. The molecule has 0 atom stereocenters. The molecule has 31 heavy (non-hydrogen) atoms. The van der Waals surface area contributed by atoms with E-state index in [0.29, 0.717) is 12.2 Å². The molecule has 4 nitrogen and oxygen atoms in total. The Balaban J connectivity index is 1.64. The molecule has 0 saturated carbocycles. The van der Waals surface area contributed by atoms with E-state index in [0.717, 1.165) is 34.3 Å². The van der Waals surface area contributed by atoms with Gasteiger partial charge in [-0.15, -0.1) is 0 Å². The first kappa shape index (κ1) is 22.4. The molecule has 0 aliphatic carbocycles. The highest BCUT2D eigenvalue weighted by molar-refractivity contribution is 6.20. The number of H-pyrrole nitrogens is 1. The zero-order valence-electron chi connectivity index (χ0n) is 18.4. The lowest BCUT2D eigenvalue weighted by Gasteiger charge is -2.06. The first-order valence-corrected chi connectivity index (χ1v) is 11.1. The molecule has 4 heteroatoms. The van der Waals surface area contributed by atoms with Crippen molar-refractivity contribution in [3.05, 3.63) is 70.9 Å². The Morgan fingerprint density at radius 1 is 1.03 bits per heavy atom. The summed E-state index contributed by atoms with van der Waals surface area (Å²) < 4.78 is 5.81. The number of aromatic nitrogens is 1. The van der Waals surface area contributed by atoms with Crippen molar-refractivity contribution in [1.29, 1.82) is 5.26 Å². The summed E-state index contributed by atoms with van der Waals surface area (Å²) in [5, 5.41) is 10.5. The lowest BCUT2D eigenvalue weighted by Crippen LogP contribution is -2.03. The zero-order valence-corrected chi connectivity index (χ0v) is 18.4. The Bertz CT molecular complexity index is 1080. The van der Waals surface area contributed by atoms with E-state index < -0.39 is 0 Å². The maximum Gasteiger partial charge on any atom is 0.205 e. The van der Waals surface area contributed by atoms with Crippen LogP contribution in [0, 0.1) is 18.3 Å². The van der Waals surface area contributed by atoms with Crippen LogP contribution in [0.5, 0.6) is 5.75 Å². The maximum absolute atomic E-state index is 13.1. The number of nitrogens with zero attached hydrogens (tertiary/aromatic N) is 1. The van der Waals surface area contributed by atoms with Crippen LogP contribution in [0.2, 0.25) is 0 Å². The lowest BCUT2D eigenvalue weighted by molar-refractivity contribution is 0.104. The van der Waals surface area contributed by atoms with Crippen molar-refractivity contribution < 1.29 is 9.53 Å². The summed E-state index contributed by atoms with van der Waals surface area (Å²) in [5.41, 5.74) is 3.14. The van der Waals surface area contributed by atoms with Crippen LogP contribution in [0.3, 0.4) is 0 Å². The molecule has 0 saturated heterocycles. The molecule has 0 fully saturated rings. The molecule has 1 N–H and O–H groups in total. The number of hydrogen-bond acceptors (Lipinski definition) is 3. The lowest BCUT2D eigenvalue weighted by atomic mass is 9.99. The molecule has 0 spiro atoms. The maximum atomic E-state index is 13.1. The van der Waals surface area contributed by atoms with E-state index in [2.05, 4.69) is 18.0 Å². The van der Waals surface area contributed by atoms with Crippen LogP contribution in [0.25, 0.3) is 17.0 Å². The van der Waals surface area contributed by atoms with Crippen LogP contribution in [0.1, 0.15) is 67.1 Å². The summed E-state index contributed by atoms with van der Waals surface area (Å²) >= 11 is 0. The quantitative estimate of drug-likeness (QED) is 0.159. The van der Waals surface area contributed by atoms with Gasteiger partial charge in [-0.1, -0.05) is 69.4 Å². The highest BCUT2D eigenvalue weighted by Gasteiger charge is 2.19. The highest BCUT2D eigenvalue weighted by Crippen LogP contribution is 2.25. The number of allylic oxidation sites excluding steroid dienone is 1. The number of ketones is 1. The number of hydrogen-bond donors (Lipinski definition) is 1. The minimum absolute atomic E-state index is 0.119. The first-order valence-electron chi connectivity index (χ1n) is 11.1. The molecule has 0 unspecified atom stereocenters. The van der Waals surface area contributed by atoms with Gasteiger partial charge >= 0.3 is 0 Å². The van der Waals surface area contributed by atoms with Crippen molar-refractivity contribution in [2.45, 2.75) is 52.4 Å². The van der Waals surface area contributed by atoms with E-state index in [-0.39, 0.29) is 11.4 Å². The van der Waals surface area contributed by atoms with E-state index in [9.17, 15) is 10.1 Å². The molecule has 0 bridgehead atoms. The van der Waals surface area contributed by atoms with E-state index in [4.69, 9.17) is 4.74 Å². The second-order valence-corrected chi connectivity index (χ2v) is 7.85. The second kappa shape index (κ2) is 11.2. The Morgan fingerprint density at radius 3 is 2.48 bits per heavy atom. The number of aromatic amines is 1. The molecule has 3 rings (SSSR count).